The fourth-order valence-electron chi connectivity index (χ4n) is 4.43. The van der Waals surface area contributed by atoms with E-state index in [1.165, 1.54) is 11.1 Å². The number of hydrogen-bond donors (Lipinski definition) is 2. The number of anilines is 2. The van der Waals surface area contributed by atoms with Crippen molar-refractivity contribution in [2.24, 2.45) is 0 Å². The van der Waals surface area contributed by atoms with Gasteiger partial charge in [0, 0.05) is 24.4 Å². The molecule has 0 spiro atoms. The van der Waals surface area contributed by atoms with Crippen LogP contribution in [-0.4, -0.2) is 29.8 Å². The molecular formula is C26H27N3O3. The molecule has 3 aromatic rings. The maximum absolute atomic E-state index is 11.1. The van der Waals surface area contributed by atoms with Gasteiger partial charge >= 0.3 is 0 Å². The quantitative estimate of drug-likeness (QED) is 0.603. The molecule has 0 radical (unpaired) electrons. The number of nitrogens with one attached hydrogen (secondary N) is 1. The van der Waals surface area contributed by atoms with Crippen molar-refractivity contribution in [3.63, 3.8) is 0 Å². The third kappa shape index (κ3) is 3.89. The minimum Gasteiger partial charge on any atom is -0.497 e. The Kier molecular flexibility index (Phi) is 5.45. The summed E-state index contributed by atoms with van der Waals surface area (Å²) in [5.74, 6) is 2.62. The van der Waals surface area contributed by atoms with Crippen LogP contribution in [0.15, 0.2) is 72.8 Å². The lowest BCUT2D eigenvalue weighted by molar-refractivity contribution is 0.159. The Morgan fingerprint density at radius 2 is 1.75 bits per heavy atom. The van der Waals surface area contributed by atoms with Crippen molar-refractivity contribution in [2.75, 3.05) is 23.9 Å². The third-order valence-electron chi connectivity index (χ3n) is 6.07. The fourth-order valence-corrected chi connectivity index (χ4v) is 4.43. The van der Waals surface area contributed by atoms with Crippen molar-refractivity contribution in [3.05, 3.63) is 89.4 Å². The topological polar surface area (TPSA) is 66.9 Å². The molecule has 1 atom stereocenters. The summed E-state index contributed by atoms with van der Waals surface area (Å²) < 4.78 is 11.2. The SMILES string of the molecule is CCN1C=C(Oc2ccc(OC)cc2)C(O)c2cc(NC3Cc4ccccc4C3)cnc21. The van der Waals surface area contributed by atoms with E-state index in [-0.39, 0.29) is 0 Å². The van der Waals surface area contributed by atoms with Gasteiger partial charge in [-0.25, -0.2) is 4.98 Å². The van der Waals surface area contributed by atoms with Gasteiger partial charge in [0.25, 0.3) is 0 Å². The standard InChI is InChI=1S/C26H27N3O3/c1-3-29-16-24(32-22-10-8-21(31-2)9-11-22)25(30)23-14-20(15-27-26(23)29)28-19-12-17-6-4-5-7-18(17)13-19/h4-11,14-16,19,25,28,30H,3,12-13H2,1-2H3. The zero-order valence-corrected chi connectivity index (χ0v) is 18.3. The Morgan fingerprint density at radius 1 is 1.06 bits per heavy atom. The zero-order valence-electron chi connectivity index (χ0n) is 18.3. The van der Waals surface area contributed by atoms with Crippen molar-refractivity contribution in [2.45, 2.75) is 31.9 Å². The molecule has 0 bridgehead atoms. The van der Waals surface area contributed by atoms with E-state index < -0.39 is 6.10 Å². The zero-order chi connectivity index (χ0) is 22.1. The lowest BCUT2D eigenvalue weighted by Crippen LogP contribution is -2.28. The number of aliphatic hydroxyl groups excluding tert-OH is 1. The summed E-state index contributed by atoms with van der Waals surface area (Å²) in [6, 6.07) is 18.2. The lowest BCUT2D eigenvalue weighted by Gasteiger charge is -2.30. The molecule has 0 saturated heterocycles. The first-order chi connectivity index (χ1) is 15.6. The average molecular weight is 430 g/mol. The number of fused-ring (bicyclic) bond motifs is 2. The van der Waals surface area contributed by atoms with Crippen molar-refractivity contribution >= 4 is 11.5 Å². The molecule has 2 N–H and O–H groups in total. The summed E-state index contributed by atoms with van der Waals surface area (Å²) in [5.41, 5.74) is 4.43. The summed E-state index contributed by atoms with van der Waals surface area (Å²) in [6.45, 7) is 2.76. The number of pyridine rings is 1. The second-order valence-electron chi connectivity index (χ2n) is 8.15. The number of aromatic nitrogens is 1. The van der Waals surface area contributed by atoms with E-state index in [0.717, 1.165) is 35.7 Å². The van der Waals surface area contributed by atoms with E-state index in [4.69, 9.17) is 9.47 Å². The monoisotopic (exact) mass is 429 g/mol. The third-order valence-corrected chi connectivity index (χ3v) is 6.07. The molecule has 2 aliphatic rings. The molecule has 1 aromatic heterocycles. The van der Waals surface area contributed by atoms with Gasteiger partial charge in [-0.2, -0.15) is 0 Å². The molecule has 0 fully saturated rings. The minimum atomic E-state index is -0.898. The number of benzene rings is 2. The fraction of sp³-hybridized carbons (Fsp3) is 0.269. The minimum absolute atomic E-state index is 0.320. The summed E-state index contributed by atoms with van der Waals surface area (Å²) in [4.78, 5) is 6.66. The molecule has 1 unspecified atom stereocenters. The molecule has 1 aliphatic carbocycles. The van der Waals surface area contributed by atoms with Crippen molar-refractivity contribution in [1.29, 1.82) is 0 Å². The highest BCUT2D eigenvalue weighted by Crippen LogP contribution is 2.37. The van der Waals surface area contributed by atoms with Crippen molar-refractivity contribution in [1.82, 2.24) is 4.98 Å². The van der Waals surface area contributed by atoms with Crippen molar-refractivity contribution in [3.8, 4) is 11.5 Å². The summed E-state index contributed by atoms with van der Waals surface area (Å²) in [6.07, 6.45) is 4.75. The Balaban J connectivity index is 1.36. The Bertz CT molecular complexity index is 1120. The normalized spacial score (nSPS) is 17.4. The van der Waals surface area contributed by atoms with Gasteiger partial charge in [0.05, 0.1) is 19.0 Å². The first-order valence-electron chi connectivity index (χ1n) is 11.0. The van der Waals surface area contributed by atoms with E-state index in [1.54, 1.807) is 7.11 Å². The molecule has 32 heavy (non-hydrogen) atoms. The van der Waals surface area contributed by atoms with Gasteiger partial charge in [-0.05, 0) is 61.2 Å². The maximum Gasteiger partial charge on any atom is 0.153 e. The number of hydrogen-bond acceptors (Lipinski definition) is 6. The lowest BCUT2D eigenvalue weighted by atomic mass is 10.0. The highest BCUT2D eigenvalue weighted by atomic mass is 16.5. The van der Waals surface area contributed by atoms with Gasteiger partial charge in [0.1, 0.15) is 23.4 Å². The first kappa shape index (κ1) is 20.4. The highest BCUT2D eigenvalue weighted by Gasteiger charge is 2.29. The Morgan fingerprint density at radius 3 is 2.41 bits per heavy atom. The van der Waals surface area contributed by atoms with Crippen LogP contribution in [0.1, 0.15) is 29.7 Å². The van der Waals surface area contributed by atoms with E-state index in [2.05, 4.69) is 34.6 Å². The molecular weight excluding hydrogens is 402 g/mol. The van der Waals surface area contributed by atoms with Gasteiger partial charge in [-0.15, -0.1) is 0 Å². The van der Waals surface area contributed by atoms with Crippen LogP contribution < -0.4 is 19.7 Å². The summed E-state index contributed by atoms with van der Waals surface area (Å²) in [5, 5.41) is 14.7. The molecule has 2 heterocycles. The van der Waals surface area contributed by atoms with Gasteiger partial charge in [-0.1, -0.05) is 24.3 Å². The smallest absolute Gasteiger partial charge is 0.153 e. The first-order valence-corrected chi connectivity index (χ1v) is 11.0. The number of rotatable bonds is 6. The predicted molar refractivity (Wildman–Crippen MR) is 125 cm³/mol. The largest absolute Gasteiger partial charge is 0.497 e. The van der Waals surface area contributed by atoms with E-state index in [0.29, 0.717) is 24.1 Å². The number of nitrogens with zero attached hydrogens (tertiary/aromatic N) is 2. The molecule has 6 heteroatoms. The molecule has 1 aliphatic heterocycles. The maximum atomic E-state index is 11.1. The molecule has 164 valence electrons. The molecule has 0 saturated carbocycles. The van der Waals surface area contributed by atoms with Crippen LogP contribution in [0.3, 0.4) is 0 Å². The van der Waals surface area contributed by atoms with Crippen LogP contribution in [0.5, 0.6) is 11.5 Å². The Hall–Kier alpha value is -3.51. The van der Waals surface area contributed by atoms with Crippen LogP contribution in [-0.2, 0) is 12.8 Å². The van der Waals surface area contributed by atoms with Gasteiger partial charge in [0.2, 0.25) is 0 Å². The predicted octanol–water partition coefficient (Wildman–Crippen LogP) is 4.46. The van der Waals surface area contributed by atoms with E-state index in [9.17, 15) is 5.11 Å². The van der Waals surface area contributed by atoms with Crippen LogP contribution in [0.25, 0.3) is 0 Å². The highest BCUT2D eigenvalue weighted by molar-refractivity contribution is 5.62. The Labute approximate surface area is 188 Å². The van der Waals surface area contributed by atoms with E-state index in [1.807, 2.05) is 54.6 Å². The second kappa shape index (κ2) is 8.55. The number of aliphatic hydroxyl groups is 1. The molecule has 2 aromatic carbocycles. The van der Waals surface area contributed by atoms with Gasteiger partial charge in [-0.3, -0.25) is 0 Å². The molecule has 5 rings (SSSR count). The van der Waals surface area contributed by atoms with Crippen LogP contribution >= 0.6 is 0 Å². The van der Waals surface area contributed by atoms with Gasteiger partial charge in [0.15, 0.2) is 5.76 Å². The van der Waals surface area contributed by atoms with Crippen LogP contribution in [0, 0.1) is 0 Å². The molecule has 6 nitrogen and oxygen atoms in total. The number of methoxy groups -OCH3 is 1. The summed E-state index contributed by atoms with van der Waals surface area (Å²) >= 11 is 0. The van der Waals surface area contributed by atoms with Crippen LogP contribution in [0.2, 0.25) is 0 Å². The van der Waals surface area contributed by atoms with Crippen molar-refractivity contribution < 1.29 is 14.6 Å². The number of ether oxygens (including phenoxy) is 2. The molecule has 0 amide bonds. The average Bonchev–Trinajstić information content (AvgIpc) is 3.24. The van der Waals surface area contributed by atoms with Gasteiger partial charge < -0.3 is 24.8 Å². The second-order valence-corrected chi connectivity index (χ2v) is 8.15. The van der Waals surface area contributed by atoms with Crippen LogP contribution in [0.4, 0.5) is 11.5 Å². The van der Waals surface area contributed by atoms with E-state index >= 15 is 0 Å². The summed E-state index contributed by atoms with van der Waals surface area (Å²) in [7, 11) is 1.63.